The minimum atomic E-state index is 0.251. The number of nitrogen functional groups attached to an aromatic ring is 2. The summed E-state index contributed by atoms with van der Waals surface area (Å²) in [6.07, 6.45) is 0. The van der Waals surface area contributed by atoms with E-state index in [0.717, 1.165) is 10.8 Å². The largest absolute Gasteiger partial charge is 0.438 e. The van der Waals surface area contributed by atoms with Crippen molar-refractivity contribution in [1.82, 2.24) is 4.98 Å². The molecule has 0 amide bonds. The van der Waals surface area contributed by atoms with Crippen molar-refractivity contribution in [2.75, 3.05) is 11.5 Å². The van der Waals surface area contributed by atoms with Crippen LogP contribution >= 0.6 is 11.6 Å². The molecule has 0 saturated heterocycles. The smallest absolute Gasteiger partial charge is 0.221 e. The zero-order chi connectivity index (χ0) is 14.1. The molecule has 1 aromatic heterocycles. The number of aromatic nitrogens is 1. The molecule has 20 heavy (non-hydrogen) atoms. The van der Waals surface area contributed by atoms with E-state index < -0.39 is 0 Å². The van der Waals surface area contributed by atoms with Gasteiger partial charge in [0.25, 0.3) is 0 Å². The number of benzene rings is 2. The van der Waals surface area contributed by atoms with Crippen molar-refractivity contribution in [1.29, 1.82) is 0 Å². The number of hydrogen-bond acceptors (Lipinski definition) is 4. The lowest BCUT2D eigenvalue weighted by Crippen LogP contribution is -1.99. The van der Waals surface area contributed by atoms with E-state index in [2.05, 4.69) is 4.98 Å². The third kappa shape index (κ3) is 2.21. The zero-order valence-electron chi connectivity index (χ0n) is 10.5. The van der Waals surface area contributed by atoms with Gasteiger partial charge in [0, 0.05) is 21.9 Å². The standard InChI is InChI=1S/C15H12ClN3O/c16-11-5-7-13(10-4-2-1-3-9(10)11)20-14-8-6-12(17)15(18)19-14/h1-8H,17H2,(H2,18,19). The maximum Gasteiger partial charge on any atom is 0.221 e. The molecule has 4 N–H and O–H groups in total. The van der Waals surface area contributed by atoms with Gasteiger partial charge in [-0.1, -0.05) is 35.9 Å². The van der Waals surface area contributed by atoms with Crippen LogP contribution in [0.1, 0.15) is 0 Å². The number of nitrogens with zero attached hydrogens (tertiary/aromatic N) is 1. The Morgan fingerprint density at radius 3 is 2.40 bits per heavy atom. The summed E-state index contributed by atoms with van der Waals surface area (Å²) >= 11 is 6.17. The molecular weight excluding hydrogens is 274 g/mol. The molecule has 3 aromatic rings. The number of halogens is 1. The summed E-state index contributed by atoms with van der Waals surface area (Å²) < 4.78 is 5.78. The molecule has 100 valence electrons. The Morgan fingerprint density at radius 2 is 1.65 bits per heavy atom. The molecule has 4 nitrogen and oxygen atoms in total. The third-order valence-corrected chi connectivity index (χ3v) is 3.31. The summed E-state index contributed by atoms with van der Waals surface area (Å²) in [7, 11) is 0. The summed E-state index contributed by atoms with van der Waals surface area (Å²) in [5, 5.41) is 2.52. The van der Waals surface area contributed by atoms with Crippen molar-refractivity contribution in [2.24, 2.45) is 0 Å². The number of nitrogens with two attached hydrogens (primary N) is 2. The highest BCUT2D eigenvalue weighted by molar-refractivity contribution is 6.35. The van der Waals surface area contributed by atoms with Crippen molar-refractivity contribution < 1.29 is 4.74 Å². The molecule has 0 aliphatic rings. The van der Waals surface area contributed by atoms with E-state index in [-0.39, 0.29) is 5.82 Å². The van der Waals surface area contributed by atoms with Gasteiger partial charge in [-0.25, -0.2) is 0 Å². The number of hydrogen-bond donors (Lipinski definition) is 2. The average molecular weight is 286 g/mol. The van der Waals surface area contributed by atoms with Crippen molar-refractivity contribution in [3.63, 3.8) is 0 Å². The highest BCUT2D eigenvalue weighted by atomic mass is 35.5. The number of fused-ring (bicyclic) bond motifs is 1. The zero-order valence-corrected chi connectivity index (χ0v) is 11.3. The van der Waals surface area contributed by atoms with Crippen molar-refractivity contribution in [3.05, 3.63) is 53.6 Å². The van der Waals surface area contributed by atoms with Gasteiger partial charge in [0.05, 0.1) is 5.69 Å². The number of ether oxygens (including phenoxy) is 1. The molecule has 0 aliphatic carbocycles. The van der Waals surface area contributed by atoms with E-state index in [4.69, 9.17) is 27.8 Å². The normalized spacial score (nSPS) is 10.7. The van der Waals surface area contributed by atoms with Gasteiger partial charge in [0.2, 0.25) is 5.88 Å². The monoisotopic (exact) mass is 285 g/mol. The lowest BCUT2D eigenvalue weighted by molar-refractivity contribution is 0.469. The fourth-order valence-corrected chi connectivity index (χ4v) is 2.19. The highest BCUT2D eigenvalue weighted by Gasteiger charge is 2.08. The lowest BCUT2D eigenvalue weighted by atomic mass is 10.1. The van der Waals surface area contributed by atoms with E-state index in [9.17, 15) is 0 Å². The molecular formula is C15H12ClN3O. The van der Waals surface area contributed by atoms with Crippen LogP contribution in [-0.2, 0) is 0 Å². The van der Waals surface area contributed by atoms with Crippen LogP contribution in [0, 0.1) is 0 Å². The Bertz CT molecular complexity index is 789. The number of rotatable bonds is 2. The molecule has 0 spiro atoms. The highest BCUT2D eigenvalue weighted by Crippen LogP contribution is 2.33. The average Bonchev–Trinajstić information content (AvgIpc) is 2.46. The molecule has 0 saturated carbocycles. The Labute approximate surface area is 120 Å². The summed E-state index contributed by atoms with van der Waals surface area (Å²) in [6, 6.07) is 14.7. The van der Waals surface area contributed by atoms with Crippen LogP contribution in [0.25, 0.3) is 10.8 Å². The van der Waals surface area contributed by atoms with Crippen LogP contribution in [0.2, 0.25) is 5.02 Å². The van der Waals surface area contributed by atoms with Crippen molar-refractivity contribution in [3.8, 4) is 11.6 Å². The van der Waals surface area contributed by atoms with Gasteiger partial charge in [-0.15, -0.1) is 0 Å². The second-order valence-electron chi connectivity index (χ2n) is 4.32. The van der Waals surface area contributed by atoms with Crippen LogP contribution in [0.3, 0.4) is 0 Å². The van der Waals surface area contributed by atoms with Crippen molar-refractivity contribution in [2.45, 2.75) is 0 Å². The van der Waals surface area contributed by atoms with Gasteiger partial charge in [-0.2, -0.15) is 4.98 Å². The lowest BCUT2D eigenvalue weighted by Gasteiger charge is -2.10. The first-order chi connectivity index (χ1) is 9.65. The van der Waals surface area contributed by atoms with Gasteiger partial charge < -0.3 is 16.2 Å². The second-order valence-corrected chi connectivity index (χ2v) is 4.72. The molecule has 0 bridgehead atoms. The minimum absolute atomic E-state index is 0.251. The van der Waals surface area contributed by atoms with Crippen LogP contribution < -0.4 is 16.2 Å². The summed E-state index contributed by atoms with van der Waals surface area (Å²) in [4.78, 5) is 4.09. The third-order valence-electron chi connectivity index (χ3n) is 2.98. The Kier molecular flexibility index (Phi) is 3.08. The van der Waals surface area contributed by atoms with Crippen LogP contribution in [0.4, 0.5) is 11.5 Å². The van der Waals surface area contributed by atoms with E-state index in [1.54, 1.807) is 24.3 Å². The molecule has 0 atom stereocenters. The number of pyridine rings is 1. The molecule has 0 aliphatic heterocycles. The maximum absolute atomic E-state index is 6.17. The second kappa shape index (κ2) is 4.90. The first-order valence-electron chi connectivity index (χ1n) is 6.02. The van der Waals surface area contributed by atoms with E-state index in [1.165, 1.54) is 0 Å². The van der Waals surface area contributed by atoms with Gasteiger partial charge in [-0.3, -0.25) is 0 Å². The molecule has 5 heteroatoms. The van der Waals surface area contributed by atoms with Crippen LogP contribution in [0.15, 0.2) is 48.5 Å². The number of anilines is 2. The summed E-state index contributed by atoms with van der Waals surface area (Å²) in [6.45, 7) is 0. The Hall–Kier alpha value is -2.46. The fourth-order valence-electron chi connectivity index (χ4n) is 1.96. The quantitative estimate of drug-likeness (QED) is 0.750. The van der Waals surface area contributed by atoms with E-state index >= 15 is 0 Å². The molecule has 0 radical (unpaired) electrons. The van der Waals surface area contributed by atoms with Crippen LogP contribution in [0.5, 0.6) is 11.6 Å². The van der Waals surface area contributed by atoms with Gasteiger partial charge in [0.1, 0.15) is 5.75 Å². The molecule has 3 rings (SSSR count). The van der Waals surface area contributed by atoms with Gasteiger partial charge in [-0.05, 0) is 18.2 Å². The topological polar surface area (TPSA) is 74.2 Å². The Balaban J connectivity index is 2.06. The van der Waals surface area contributed by atoms with Crippen LogP contribution in [-0.4, -0.2) is 4.98 Å². The first kappa shape index (κ1) is 12.6. The minimum Gasteiger partial charge on any atom is -0.438 e. The molecule has 2 aromatic carbocycles. The molecule has 0 unspecified atom stereocenters. The molecule has 1 heterocycles. The van der Waals surface area contributed by atoms with Gasteiger partial charge in [0.15, 0.2) is 5.82 Å². The van der Waals surface area contributed by atoms with Crippen molar-refractivity contribution >= 4 is 33.9 Å². The van der Waals surface area contributed by atoms with Gasteiger partial charge >= 0.3 is 0 Å². The molecule has 0 fully saturated rings. The predicted octanol–water partition coefficient (Wildman–Crippen LogP) is 3.84. The Morgan fingerprint density at radius 1 is 0.900 bits per heavy atom. The summed E-state index contributed by atoms with van der Waals surface area (Å²) in [5.74, 6) is 1.31. The first-order valence-corrected chi connectivity index (χ1v) is 6.40. The predicted molar refractivity (Wildman–Crippen MR) is 82.1 cm³/mol. The SMILES string of the molecule is Nc1ccc(Oc2ccc(Cl)c3ccccc23)nc1N. The van der Waals surface area contributed by atoms with E-state index in [0.29, 0.717) is 22.3 Å². The fraction of sp³-hybridized carbons (Fsp3) is 0. The van der Waals surface area contributed by atoms with E-state index in [1.807, 2.05) is 24.3 Å². The maximum atomic E-state index is 6.17. The summed E-state index contributed by atoms with van der Waals surface area (Å²) in [5.41, 5.74) is 11.7.